The van der Waals surface area contributed by atoms with Crippen LogP contribution in [0.3, 0.4) is 0 Å². The zero-order chi connectivity index (χ0) is 20.2. The second-order valence-corrected chi connectivity index (χ2v) is 7.52. The Balaban J connectivity index is 2.12. The Hall–Kier alpha value is -2.86. The van der Waals surface area contributed by atoms with Crippen LogP contribution in [0.1, 0.15) is 48.4 Å². The number of amides is 3. The van der Waals surface area contributed by atoms with E-state index < -0.39 is 0 Å². The molecule has 0 aliphatic heterocycles. The molecule has 0 bridgehead atoms. The molecule has 0 aliphatic rings. The van der Waals surface area contributed by atoms with E-state index in [9.17, 15) is 14.4 Å². The summed E-state index contributed by atoms with van der Waals surface area (Å²) >= 11 is 6.11. The third-order valence-electron chi connectivity index (χ3n) is 3.43. The van der Waals surface area contributed by atoms with E-state index in [0.717, 1.165) is 0 Å². The van der Waals surface area contributed by atoms with Gasteiger partial charge in [0.15, 0.2) is 0 Å². The number of nitrogens with one attached hydrogen (secondary N) is 3. The van der Waals surface area contributed by atoms with Gasteiger partial charge in [0, 0.05) is 29.3 Å². The van der Waals surface area contributed by atoms with Crippen molar-refractivity contribution in [1.29, 1.82) is 0 Å². The van der Waals surface area contributed by atoms with Crippen LogP contribution in [-0.4, -0.2) is 23.3 Å². The number of benzene rings is 2. The molecule has 27 heavy (non-hydrogen) atoms. The number of rotatable bonds is 4. The summed E-state index contributed by atoms with van der Waals surface area (Å²) in [5.41, 5.74) is 1.40. The maximum atomic E-state index is 12.5. The van der Waals surface area contributed by atoms with Crippen LogP contribution in [0.5, 0.6) is 0 Å². The fourth-order valence-electron chi connectivity index (χ4n) is 2.28. The Morgan fingerprint density at radius 2 is 1.41 bits per heavy atom. The summed E-state index contributed by atoms with van der Waals surface area (Å²) in [7, 11) is 0. The quantitative estimate of drug-likeness (QED) is 0.738. The summed E-state index contributed by atoms with van der Waals surface area (Å²) in [5, 5.41) is 8.54. The van der Waals surface area contributed by atoms with E-state index in [4.69, 9.17) is 11.6 Å². The predicted molar refractivity (Wildman–Crippen MR) is 107 cm³/mol. The molecule has 3 N–H and O–H groups in total. The molecular weight excluding hydrogens is 366 g/mol. The first kappa shape index (κ1) is 20.5. The molecule has 0 spiro atoms. The Morgan fingerprint density at radius 1 is 0.852 bits per heavy atom. The minimum atomic E-state index is -0.375. The Labute approximate surface area is 163 Å². The summed E-state index contributed by atoms with van der Waals surface area (Å²) in [4.78, 5) is 35.8. The molecule has 7 heteroatoms. The number of hydrogen-bond acceptors (Lipinski definition) is 3. The molecule has 0 aliphatic carbocycles. The molecule has 6 nitrogen and oxygen atoms in total. The monoisotopic (exact) mass is 387 g/mol. The topological polar surface area (TPSA) is 87.3 Å². The van der Waals surface area contributed by atoms with Crippen LogP contribution in [-0.2, 0) is 4.79 Å². The normalized spacial score (nSPS) is 10.9. The smallest absolute Gasteiger partial charge is 0.255 e. The van der Waals surface area contributed by atoms with Crippen molar-refractivity contribution >= 4 is 40.7 Å². The molecule has 0 radical (unpaired) electrons. The second-order valence-electron chi connectivity index (χ2n) is 7.11. The molecule has 142 valence electrons. The highest BCUT2D eigenvalue weighted by molar-refractivity contribution is 6.34. The number of carbonyl (C=O) groups excluding carboxylic acids is 3. The van der Waals surface area contributed by atoms with Crippen molar-refractivity contribution in [2.75, 3.05) is 10.6 Å². The van der Waals surface area contributed by atoms with E-state index in [1.54, 1.807) is 42.5 Å². The van der Waals surface area contributed by atoms with Crippen molar-refractivity contribution < 1.29 is 14.4 Å². The molecule has 0 saturated heterocycles. The summed E-state index contributed by atoms with van der Waals surface area (Å²) in [6.45, 7) is 7.08. The van der Waals surface area contributed by atoms with Gasteiger partial charge in [-0.25, -0.2) is 0 Å². The van der Waals surface area contributed by atoms with Gasteiger partial charge < -0.3 is 16.0 Å². The summed E-state index contributed by atoms with van der Waals surface area (Å²) in [6, 6.07) is 11.1. The number of carbonyl (C=O) groups is 3. The van der Waals surface area contributed by atoms with Crippen molar-refractivity contribution in [3.05, 3.63) is 58.6 Å². The van der Waals surface area contributed by atoms with Crippen molar-refractivity contribution in [2.45, 2.75) is 33.2 Å². The van der Waals surface area contributed by atoms with Gasteiger partial charge >= 0.3 is 0 Å². The Bertz CT molecular complexity index is 871. The van der Waals surface area contributed by atoms with Gasteiger partial charge in [-0.1, -0.05) is 11.6 Å². The van der Waals surface area contributed by atoms with Crippen LogP contribution in [0.25, 0.3) is 0 Å². The van der Waals surface area contributed by atoms with Crippen LogP contribution in [0.15, 0.2) is 42.5 Å². The van der Waals surface area contributed by atoms with Gasteiger partial charge in [-0.2, -0.15) is 0 Å². The molecule has 3 amide bonds. The Kier molecular flexibility index (Phi) is 6.23. The van der Waals surface area contributed by atoms with Gasteiger partial charge in [0.05, 0.1) is 10.7 Å². The van der Waals surface area contributed by atoms with Crippen LogP contribution in [0.4, 0.5) is 11.4 Å². The van der Waals surface area contributed by atoms with Crippen LogP contribution in [0.2, 0.25) is 5.02 Å². The molecule has 0 heterocycles. The predicted octanol–water partition coefficient (Wildman–Crippen LogP) is 4.08. The molecule has 0 atom stereocenters. The SMILES string of the molecule is CC(=O)Nc1ccc(Cl)c(NC(=O)c2ccc(C(=O)NC(C)(C)C)cc2)c1. The molecule has 2 rings (SSSR count). The van der Waals surface area contributed by atoms with Gasteiger partial charge in [0.25, 0.3) is 11.8 Å². The first-order valence-corrected chi connectivity index (χ1v) is 8.74. The first-order chi connectivity index (χ1) is 12.5. The molecule has 0 aromatic heterocycles. The fourth-order valence-corrected chi connectivity index (χ4v) is 2.45. The lowest BCUT2D eigenvalue weighted by Crippen LogP contribution is -2.40. The standard InChI is InChI=1S/C20H22ClN3O3/c1-12(25)22-15-9-10-16(21)17(11-15)23-18(26)13-5-7-14(8-6-13)19(27)24-20(2,3)4/h5-11H,1-4H3,(H,22,25)(H,23,26)(H,24,27). The zero-order valence-corrected chi connectivity index (χ0v) is 16.4. The largest absolute Gasteiger partial charge is 0.347 e. The van der Waals surface area contributed by atoms with Crippen LogP contribution in [0, 0.1) is 0 Å². The molecule has 2 aromatic rings. The molecule has 0 unspecified atom stereocenters. The highest BCUT2D eigenvalue weighted by atomic mass is 35.5. The van der Waals surface area contributed by atoms with Gasteiger partial charge in [-0.05, 0) is 63.2 Å². The maximum absolute atomic E-state index is 12.5. The maximum Gasteiger partial charge on any atom is 0.255 e. The molecule has 0 saturated carbocycles. The third kappa shape index (κ3) is 6.11. The van der Waals surface area contributed by atoms with E-state index in [0.29, 0.717) is 27.5 Å². The van der Waals surface area contributed by atoms with Gasteiger partial charge in [0.1, 0.15) is 0 Å². The zero-order valence-electron chi connectivity index (χ0n) is 15.6. The van der Waals surface area contributed by atoms with Crippen molar-refractivity contribution in [3.8, 4) is 0 Å². The minimum absolute atomic E-state index is 0.208. The van der Waals surface area contributed by atoms with Gasteiger partial charge in [-0.15, -0.1) is 0 Å². The van der Waals surface area contributed by atoms with Crippen molar-refractivity contribution in [3.63, 3.8) is 0 Å². The van der Waals surface area contributed by atoms with Crippen LogP contribution >= 0.6 is 11.6 Å². The van der Waals surface area contributed by atoms with E-state index in [1.807, 2.05) is 20.8 Å². The highest BCUT2D eigenvalue weighted by Gasteiger charge is 2.16. The number of anilines is 2. The van der Waals surface area contributed by atoms with Crippen molar-refractivity contribution in [1.82, 2.24) is 5.32 Å². The number of hydrogen-bond donors (Lipinski definition) is 3. The van der Waals surface area contributed by atoms with Gasteiger partial charge in [-0.3, -0.25) is 14.4 Å². The first-order valence-electron chi connectivity index (χ1n) is 8.36. The molecule has 2 aromatic carbocycles. The summed E-state index contributed by atoms with van der Waals surface area (Å²) in [5.74, 6) is -0.807. The third-order valence-corrected chi connectivity index (χ3v) is 3.76. The van der Waals surface area contributed by atoms with E-state index in [-0.39, 0.29) is 23.3 Å². The average Bonchev–Trinajstić information content (AvgIpc) is 2.56. The van der Waals surface area contributed by atoms with Crippen molar-refractivity contribution in [2.24, 2.45) is 0 Å². The lowest BCUT2D eigenvalue weighted by atomic mass is 10.1. The lowest BCUT2D eigenvalue weighted by Gasteiger charge is -2.20. The lowest BCUT2D eigenvalue weighted by molar-refractivity contribution is -0.114. The number of halogens is 1. The highest BCUT2D eigenvalue weighted by Crippen LogP contribution is 2.26. The second kappa shape index (κ2) is 8.22. The Morgan fingerprint density at radius 3 is 1.93 bits per heavy atom. The summed E-state index contributed by atoms with van der Waals surface area (Å²) < 4.78 is 0. The fraction of sp³-hybridized carbons (Fsp3) is 0.250. The van der Waals surface area contributed by atoms with E-state index in [1.165, 1.54) is 6.92 Å². The summed E-state index contributed by atoms with van der Waals surface area (Å²) in [6.07, 6.45) is 0. The van der Waals surface area contributed by atoms with Crippen LogP contribution < -0.4 is 16.0 Å². The van der Waals surface area contributed by atoms with E-state index >= 15 is 0 Å². The average molecular weight is 388 g/mol. The molecular formula is C20H22ClN3O3. The molecule has 0 fully saturated rings. The van der Waals surface area contributed by atoms with Gasteiger partial charge in [0.2, 0.25) is 5.91 Å². The minimum Gasteiger partial charge on any atom is -0.347 e. The van der Waals surface area contributed by atoms with E-state index in [2.05, 4.69) is 16.0 Å².